The second-order valence-electron chi connectivity index (χ2n) is 7.55. The minimum atomic E-state index is -1.07. The first-order valence-corrected chi connectivity index (χ1v) is 10.1. The van der Waals surface area contributed by atoms with Gasteiger partial charge < -0.3 is 35.0 Å². The number of rotatable bonds is 9. The van der Waals surface area contributed by atoms with Crippen molar-refractivity contribution in [1.82, 2.24) is 10.2 Å². The number of carbonyl (C=O) groups is 1. The van der Waals surface area contributed by atoms with E-state index < -0.39 is 18.3 Å². The second kappa shape index (κ2) is 10.1. The number of ether oxygens (including phenoxy) is 2. The van der Waals surface area contributed by atoms with Crippen LogP contribution in [0.15, 0.2) is 53.2 Å². The van der Waals surface area contributed by atoms with E-state index in [9.17, 15) is 20.1 Å². The Morgan fingerprint density at radius 2 is 1.91 bits per heavy atom. The van der Waals surface area contributed by atoms with E-state index in [4.69, 9.17) is 9.47 Å². The lowest BCUT2D eigenvalue weighted by molar-refractivity contribution is 0.0262. The van der Waals surface area contributed by atoms with Crippen LogP contribution in [-0.4, -0.2) is 59.5 Å². The number of nitrogens with zero attached hydrogens (tertiary/aromatic N) is 2. The van der Waals surface area contributed by atoms with Gasteiger partial charge in [-0.05, 0) is 63.3 Å². The normalized spacial score (nSPS) is 16.5. The molecule has 0 saturated heterocycles. The highest BCUT2D eigenvalue weighted by molar-refractivity contribution is 5.88. The van der Waals surface area contributed by atoms with Gasteiger partial charge >= 0.3 is 5.97 Å². The Morgan fingerprint density at radius 3 is 2.56 bits per heavy atom. The van der Waals surface area contributed by atoms with Gasteiger partial charge in [-0.15, -0.1) is 0 Å². The van der Waals surface area contributed by atoms with Crippen LogP contribution in [0.4, 0.5) is 0 Å². The van der Waals surface area contributed by atoms with Crippen molar-refractivity contribution in [3.05, 3.63) is 59.3 Å². The van der Waals surface area contributed by atoms with Crippen LogP contribution < -0.4 is 14.8 Å². The van der Waals surface area contributed by atoms with E-state index in [0.717, 1.165) is 18.7 Å². The number of allylic oxidation sites excluding steroid dienone is 1. The standard InChI is InChI=1S/C23H27N3O6/c1-4-16(9-10-26(2)3)24-13-25-21(14-5-7-17(27)18(28)11-14)23-31-19-8-6-15(22(29)30)12-20(19)32-23/h4-8,11-13,21,23,27-28H,9-10H2,1-3H3,(H,24,25)(H,29,30)/b16-4-. The highest BCUT2D eigenvalue weighted by Gasteiger charge is 2.34. The number of carboxylic acids is 1. The van der Waals surface area contributed by atoms with Gasteiger partial charge in [-0.1, -0.05) is 12.1 Å². The summed E-state index contributed by atoms with van der Waals surface area (Å²) in [6.07, 6.45) is 3.41. The number of phenols is 2. The van der Waals surface area contributed by atoms with Gasteiger partial charge in [0, 0.05) is 12.2 Å². The third kappa shape index (κ3) is 5.50. The molecule has 0 spiro atoms. The number of aromatic hydroxyl groups is 2. The lowest BCUT2D eigenvalue weighted by atomic mass is 10.1. The zero-order valence-corrected chi connectivity index (χ0v) is 18.1. The van der Waals surface area contributed by atoms with Crippen molar-refractivity contribution in [3.63, 3.8) is 0 Å². The maximum atomic E-state index is 11.2. The van der Waals surface area contributed by atoms with Crippen molar-refractivity contribution in [3.8, 4) is 23.0 Å². The molecular formula is C23H27N3O6. The van der Waals surface area contributed by atoms with Crippen LogP contribution >= 0.6 is 0 Å². The molecule has 3 rings (SSSR count). The van der Waals surface area contributed by atoms with Gasteiger partial charge in [0.25, 0.3) is 6.29 Å². The second-order valence-corrected chi connectivity index (χ2v) is 7.55. The summed E-state index contributed by atoms with van der Waals surface area (Å²) in [6, 6.07) is 8.01. The van der Waals surface area contributed by atoms with Crippen LogP contribution in [0.25, 0.3) is 0 Å². The van der Waals surface area contributed by atoms with Gasteiger partial charge in [0.05, 0.1) is 11.9 Å². The number of fused-ring (bicyclic) bond motifs is 1. The first-order valence-electron chi connectivity index (χ1n) is 10.1. The summed E-state index contributed by atoms with van der Waals surface area (Å²) in [6.45, 7) is 2.80. The predicted molar refractivity (Wildman–Crippen MR) is 120 cm³/mol. The summed E-state index contributed by atoms with van der Waals surface area (Å²) < 4.78 is 11.7. The first kappa shape index (κ1) is 23.0. The van der Waals surface area contributed by atoms with E-state index in [1.807, 2.05) is 27.1 Å². The van der Waals surface area contributed by atoms with Gasteiger partial charge in [0.2, 0.25) is 0 Å². The van der Waals surface area contributed by atoms with E-state index in [0.29, 0.717) is 17.1 Å². The Morgan fingerprint density at radius 1 is 1.16 bits per heavy atom. The van der Waals surface area contributed by atoms with Gasteiger partial charge in [-0.2, -0.15) is 0 Å². The summed E-state index contributed by atoms with van der Waals surface area (Å²) in [4.78, 5) is 17.9. The molecular weight excluding hydrogens is 414 g/mol. The molecule has 2 aromatic rings. The van der Waals surface area contributed by atoms with Crippen molar-refractivity contribution in [1.29, 1.82) is 0 Å². The average molecular weight is 441 g/mol. The molecule has 4 N–H and O–H groups in total. The summed E-state index contributed by atoms with van der Waals surface area (Å²) >= 11 is 0. The molecule has 9 heteroatoms. The predicted octanol–water partition coefficient (Wildman–Crippen LogP) is 3.11. The van der Waals surface area contributed by atoms with Crippen molar-refractivity contribution in [2.24, 2.45) is 4.99 Å². The van der Waals surface area contributed by atoms with Gasteiger partial charge in [-0.3, -0.25) is 4.99 Å². The van der Waals surface area contributed by atoms with E-state index in [1.54, 1.807) is 6.07 Å². The van der Waals surface area contributed by atoms with E-state index >= 15 is 0 Å². The first-order chi connectivity index (χ1) is 15.3. The molecule has 0 saturated carbocycles. The summed E-state index contributed by atoms with van der Waals surface area (Å²) in [5.74, 6) is -0.919. The lowest BCUT2D eigenvalue weighted by Gasteiger charge is -2.20. The highest BCUT2D eigenvalue weighted by atomic mass is 16.7. The number of aliphatic imine (C=N–C) groups is 1. The Kier molecular flexibility index (Phi) is 7.21. The molecule has 0 radical (unpaired) electrons. The van der Waals surface area contributed by atoms with Crippen LogP contribution in [-0.2, 0) is 0 Å². The molecule has 0 aliphatic carbocycles. The third-order valence-corrected chi connectivity index (χ3v) is 4.94. The number of nitrogens with one attached hydrogen (secondary N) is 1. The molecule has 9 nitrogen and oxygen atoms in total. The summed E-state index contributed by atoms with van der Waals surface area (Å²) in [7, 11) is 3.99. The van der Waals surface area contributed by atoms with Crippen LogP contribution in [0.3, 0.4) is 0 Å². The van der Waals surface area contributed by atoms with Crippen molar-refractivity contribution in [2.75, 3.05) is 20.6 Å². The molecule has 0 fully saturated rings. The fourth-order valence-electron chi connectivity index (χ4n) is 3.12. The number of benzene rings is 2. The number of aromatic carboxylic acids is 1. The topological polar surface area (TPSA) is 124 Å². The Labute approximate surface area is 186 Å². The Balaban J connectivity index is 1.83. The molecule has 0 bridgehead atoms. The van der Waals surface area contributed by atoms with Crippen LogP contribution in [0.5, 0.6) is 23.0 Å². The van der Waals surface area contributed by atoms with Gasteiger partial charge in [0.1, 0.15) is 0 Å². The number of hydrogen-bond donors (Lipinski definition) is 4. The van der Waals surface area contributed by atoms with Crippen LogP contribution in [0.2, 0.25) is 0 Å². The van der Waals surface area contributed by atoms with Gasteiger partial charge in [0.15, 0.2) is 29.0 Å². The fraction of sp³-hybridized carbons (Fsp3) is 0.304. The Bertz CT molecular complexity index is 1030. The molecule has 1 aliphatic heterocycles. The molecule has 1 heterocycles. The largest absolute Gasteiger partial charge is 0.504 e. The molecule has 170 valence electrons. The van der Waals surface area contributed by atoms with Gasteiger partial charge in [-0.25, -0.2) is 4.79 Å². The maximum absolute atomic E-state index is 11.2. The Hall–Kier alpha value is -3.72. The molecule has 0 aromatic heterocycles. The van der Waals surface area contributed by atoms with E-state index in [2.05, 4.69) is 15.2 Å². The smallest absolute Gasteiger partial charge is 0.335 e. The number of hydrogen-bond acceptors (Lipinski definition) is 7. The van der Waals surface area contributed by atoms with E-state index in [1.165, 1.54) is 36.7 Å². The number of carboxylic acid groups (broad SMARTS) is 1. The zero-order chi connectivity index (χ0) is 23.3. The SMILES string of the molecule is C/C=C(/CCN(C)C)NC=NC(c1ccc(O)c(O)c1)C1Oc2ccc(C(=O)O)cc2O1. The van der Waals surface area contributed by atoms with E-state index in [-0.39, 0.29) is 17.1 Å². The molecule has 0 amide bonds. The lowest BCUT2D eigenvalue weighted by Crippen LogP contribution is -2.27. The highest BCUT2D eigenvalue weighted by Crippen LogP contribution is 2.41. The minimum absolute atomic E-state index is 0.0793. The zero-order valence-electron chi connectivity index (χ0n) is 18.1. The third-order valence-electron chi connectivity index (χ3n) is 4.94. The van der Waals surface area contributed by atoms with Crippen LogP contribution in [0.1, 0.15) is 35.3 Å². The fourth-order valence-corrected chi connectivity index (χ4v) is 3.12. The monoisotopic (exact) mass is 441 g/mol. The number of phenolic OH excluding ortho intramolecular Hbond substituents is 2. The summed E-state index contributed by atoms with van der Waals surface area (Å²) in [5.41, 5.74) is 1.61. The molecule has 2 atom stereocenters. The molecule has 1 aliphatic rings. The van der Waals surface area contributed by atoms with Crippen molar-refractivity contribution < 1.29 is 29.6 Å². The summed E-state index contributed by atoms with van der Waals surface area (Å²) in [5, 5.41) is 32.0. The van der Waals surface area contributed by atoms with Crippen molar-refractivity contribution >= 4 is 12.3 Å². The van der Waals surface area contributed by atoms with Crippen molar-refractivity contribution in [2.45, 2.75) is 25.7 Å². The average Bonchev–Trinajstić information content (AvgIpc) is 3.18. The molecule has 2 unspecified atom stereocenters. The van der Waals surface area contributed by atoms with Crippen LogP contribution in [0, 0.1) is 0 Å². The quantitative estimate of drug-likeness (QED) is 0.266. The maximum Gasteiger partial charge on any atom is 0.335 e. The molecule has 2 aromatic carbocycles. The minimum Gasteiger partial charge on any atom is -0.504 e. The molecule has 32 heavy (non-hydrogen) atoms.